The lowest BCUT2D eigenvalue weighted by Gasteiger charge is -2.41. The van der Waals surface area contributed by atoms with Gasteiger partial charge in [-0.1, -0.05) is 6.07 Å². The van der Waals surface area contributed by atoms with E-state index < -0.39 is 11.6 Å². The van der Waals surface area contributed by atoms with Gasteiger partial charge in [-0.2, -0.15) is 0 Å². The number of nitrogens with zero attached hydrogens (tertiary/aromatic N) is 2. The molecule has 0 amide bonds. The van der Waals surface area contributed by atoms with Crippen molar-refractivity contribution < 1.29 is 13.5 Å². The van der Waals surface area contributed by atoms with E-state index >= 15 is 0 Å². The molecule has 1 aromatic rings. The number of guanidine groups is 1. The Hall–Kier alpha value is -1.00. The highest BCUT2D eigenvalue weighted by Crippen LogP contribution is 2.26. The summed E-state index contributed by atoms with van der Waals surface area (Å²) in [6.07, 6.45) is 1.84. The smallest absolute Gasteiger partial charge is 0.191 e. The van der Waals surface area contributed by atoms with Crippen LogP contribution in [0.3, 0.4) is 0 Å². The fourth-order valence-electron chi connectivity index (χ4n) is 3.18. The highest BCUT2D eigenvalue weighted by atomic mass is 127. The average Bonchev–Trinajstić information content (AvgIpc) is 2.60. The van der Waals surface area contributed by atoms with Crippen molar-refractivity contribution >= 4 is 29.9 Å². The van der Waals surface area contributed by atoms with Gasteiger partial charge in [0.25, 0.3) is 0 Å². The maximum absolute atomic E-state index is 14.0. The molecule has 1 heterocycles. The highest BCUT2D eigenvalue weighted by molar-refractivity contribution is 14.0. The monoisotopic (exact) mass is 496 g/mol. The summed E-state index contributed by atoms with van der Waals surface area (Å²) >= 11 is 0. The largest absolute Gasteiger partial charge is 0.381 e. The first kappa shape index (κ1) is 24.0. The minimum Gasteiger partial charge on any atom is -0.381 e. The van der Waals surface area contributed by atoms with Gasteiger partial charge >= 0.3 is 0 Å². The van der Waals surface area contributed by atoms with Crippen molar-refractivity contribution in [2.24, 2.45) is 4.99 Å². The Morgan fingerprint density at radius 2 is 1.96 bits per heavy atom. The Kier molecular flexibility index (Phi) is 9.89. The lowest BCUT2D eigenvalue weighted by atomic mass is 9.89. The molecule has 1 aromatic carbocycles. The van der Waals surface area contributed by atoms with Crippen LogP contribution < -0.4 is 10.6 Å². The molecule has 0 bridgehead atoms. The number of ether oxygens (including phenoxy) is 1. The van der Waals surface area contributed by atoms with E-state index in [-0.39, 0.29) is 35.6 Å². The van der Waals surface area contributed by atoms with Crippen molar-refractivity contribution in [2.45, 2.75) is 38.3 Å². The van der Waals surface area contributed by atoms with Crippen LogP contribution >= 0.6 is 24.0 Å². The van der Waals surface area contributed by atoms with E-state index in [2.05, 4.69) is 29.6 Å². The van der Waals surface area contributed by atoms with Crippen LogP contribution in [0.5, 0.6) is 0 Å². The lowest BCUT2D eigenvalue weighted by molar-refractivity contribution is -0.00255. The SMILES string of the molecule is CCNC(=NCC1(N(C)C)CCOCC1)NC(C)c1ccc(F)cc1F.I. The van der Waals surface area contributed by atoms with E-state index in [0.29, 0.717) is 24.6 Å². The summed E-state index contributed by atoms with van der Waals surface area (Å²) < 4.78 is 32.6. The topological polar surface area (TPSA) is 48.9 Å². The molecule has 0 saturated carbocycles. The minimum atomic E-state index is -0.577. The number of aliphatic imine (C=N–C) groups is 1. The van der Waals surface area contributed by atoms with Crippen LogP contribution in [-0.4, -0.2) is 56.8 Å². The number of halogens is 3. The molecular formula is C19H31F2IN4O. The zero-order valence-corrected chi connectivity index (χ0v) is 18.8. The summed E-state index contributed by atoms with van der Waals surface area (Å²) in [5, 5.41) is 6.42. The second kappa shape index (κ2) is 11.1. The van der Waals surface area contributed by atoms with Gasteiger partial charge in [-0.25, -0.2) is 8.78 Å². The summed E-state index contributed by atoms with van der Waals surface area (Å²) in [5.74, 6) is -0.516. The molecule has 1 atom stereocenters. The Morgan fingerprint density at radius 3 is 2.52 bits per heavy atom. The fraction of sp³-hybridized carbons (Fsp3) is 0.632. The molecule has 2 N–H and O–H groups in total. The molecule has 5 nitrogen and oxygen atoms in total. The molecule has 27 heavy (non-hydrogen) atoms. The highest BCUT2D eigenvalue weighted by Gasteiger charge is 2.34. The van der Waals surface area contributed by atoms with Gasteiger partial charge in [0.2, 0.25) is 0 Å². The maximum Gasteiger partial charge on any atom is 0.191 e. The summed E-state index contributed by atoms with van der Waals surface area (Å²) in [5.41, 5.74) is 0.371. The number of likely N-dealkylation sites (N-methyl/N-ethyl adjacent to an activating group) is 1. The molecule has 0 radical (unpaired) electrons. The quantitative estimate of drug-likeness (QED) is 0.361. The van der Waals surface area contributed by atoms with Gasteiger partial charge in [0, 0.05) is 36.9 Å². The summed E-state index contributed by atoms with van der Waals surface area (Å²) in [4.78, 5) is 6.96. The lowest BCUT2D eigenvalue weighted by Crippen LogP contribution is -2.51. The fourth-order valence-corrected chi connectivity index (χ4v) is 3.18. The summed E-state index contributed by atoms with van der Waals surface area (Å²) in [6.45, 7) is 6.60. The number of hydrogen-bond acceptors (Lipinski definition) is 3. The van der Waals surface area contributed by atoms with Crippen molar-refractivity contribution in [1.29, 1.82) is 0 Å². The third kappa shape index (κ3) is 6.53. The van der Waals surface area contributed by atoms with E-state index in [1.807, 2.05) is 13.8 Å². The zero-order chi connectivity index (χ0) is 19.2. The second-order valence-electron chi connectivity index (χ2n) is 6.96. The number of hydrogen-bond donors (Lipinski definition) is 2. The summed E-state index contributed by atoms with van der Waals surface area (Å²) in [7, 11) is 4.13. The first-order valence-electron chi connectivity index (χ1n) is 9.13. The van der Waals surface area contributed by atoms with E-state index in [1.165, 1.54) is 12.1 Å². The molecule has 8 heteroatoms. The van der Waals surface area contributed by atoms with Crippen molar-refractivity contribution in [2.75, 3.05) is 40.4 Å². The number of rotatable bonds is 6. The van der Waals surface area contributed by atoms with Gasteiger partial charge in [0.15, 0.2) is 5.96 Å². The number of nitrogens with one attached hydrogen (secondary N) is 2. The molecule has 1 aliphatic rings. The summed E-state index contributed by atoms with van der Waals surface area (Å²) in [6, 6.07) is 3.30. The Morgan fingerprint density at radius 1 is 1.30 bits per heavy atom. The van der Waals surface area contributed by atoms with E-state index in [0.717, 1.165) is 32.1 Å². The number of benzene rings is 1. The standard InChI is InChI=1S/C19H30F2N4O.HI/c1-5-22-18(23-13-19(25(3)4)8-10-26-11-9-19)24-14(2)16-7-6-15(20)12-17(16)21;/h6-7,12,14H,5,8-11,13H2,1-4H3,(H2,22,23,24);1H. The molecule has 0 spiro atoms. The van der Waals surface area contributed by atoms with Gasteiger partial charge in [-0.05, 0) is 46.9 Å². The van der Waals surface area contributed by atoms with Crippen LogP contribution in [-0.2, 0) is 4.74 Å². The van der Waals surface area contributed by atoms with Crippen molar-refractivity contribution in [3.8, 4) is 0 Å². The van der Waals surface area contributed by atoms with E-state index in [4.69, 9.17) is 9.73 Å². The minimum absolute atomic E-state index is 0. The predicted molar refractivity (Wildman–Crippen MR) is 116 cm³/mol. The Labute approximate surface area is 178 Å². The van der Waals surface area contributed by atoms with Gasteiger partial charge in [0.1, 0.15) is 11.6 Å². The predicted octanol–water partition coefficient (Wildman–Crippen LogP) is 3.31. The zero-order valence-electron chi connectivity index (χ0n) is 16.5. The van der Waals surface area contributed by atoms with Crippen molar-refractivity contribution in [3.05, 3.63) is 35.4 Å². The van der Waals surface area contributed by atoms with Crippen LogP contribution in [0.1, 0.15) is 38.3 Å². The molecule has 1 fully saturated rings. The molecular weight excluding hydrogens is 465 g/mol. The Balaban J connectivity index is 0.00000364. The van der Waals surface area contributed by atoms with Gasteiger partial charge in [-0.15, -0.1) is 24.0 Å². The van der Waals surface area contributed by atoms with Gasteiger partial charge in [-0.3, -0.25) is 4.99 Å². The third-order valence-corrected chi connectivity index (χ3v) is 5.03. The van der Waals surface area contributed by atoms with Crippen LogP contribution in [0.15, 0.2) is 23.2 Å². The first-order valence-corrected chi connectivity index (χ1v) is 9.13. The molecule has 2 rings (SSSR count). The van der Waals surface area contributed by atoms with Crippen LogP contribution in [0.25, 0.3) is 0 Å². The first-order chi connectivity index (χ1) is 12.4. The van der Waals surface area contributed by atoms with Crippen LogP contribution in [0.4, 0.5) is 8.78 Å². The molecule has 0 aromatic heterocycles. The normalized spacial score (nSPS) is 18.0. The molecule has 154 valence electrons. The van der Waals surface area contributed by atoms with E-state index in [9.17, 15) is 8.78 Å². The van der Waals surface area contributed by atoms with Gasteiger partial charge in [0.05, 0.1) is 12.6 Å². The molecule has 1 aliphatic heterocycles. The maximum atomic E-state index is 14.0. The average molecular weight is 496 g/mol. The van der Waals surface area contributed by atoms with Crippen molar-refractivity contribution in [3.63, 3.8) is 0 Å². The third-order valence-electron chi connectivity index (χ3n) is 5.03. The van der Waals surface area contributed by atoms with E-state index in [1.54, 1.807) is 0 Å². The second-order valence-corrected chi connectivity index (χ2v) is 6.96. The Bertz CT molecular complexity index is 622. The van der Waals surface area contributed by atoms with Gasteiger partial charge < -0.3 is 20.3 Å². The van der Waals surface area contributed by atoms with Crippen molar-refractivity contribution in [1.82, 2.24) is 15.5 Å². The van der Waals surface area contributed by atoms with Crippen LogP contribution in [0, 0.1) is 11.6 Å². The molecule has 1 unspecified atom stereocenters. The molecule has 1 saturated heterocycles. The van der Waals surface area contributed by atoms with Crippen LogP contribution in [0.2, 0.25) is 0 Å². The molecule has 0 aliphatic carbocycles.